The van der Waals surface area contributed by atoms with Crippen LogP contribution in [-0.2, 0) is 6.54 Å². The van der Waals surface area contributed by atoms with Gasteiger partial charge in [0.2, 0.25) is 0 Å². The van der Waals surface area contributed by atoms with E-state index in [2.05, 4.69) is 52.8 Å². The molecule has 19 heavy (non-hydrogen) atoms. The standard InChI is InChI=1S/C17H16N2/c1-18-10-13-6-8-14(9-7-13)17-12-19-11-15-4-2-3-5-16(15)17/h2-9,11-12,18H,10H2,1H3. The Kier molecular flexibility index (Phi) is 3.25. The van der Waals surface area contributed by atoms with E-state index in [0.29, 0.717) is 0 Å². The molecule has 0 aliphatic rings. The Hall–Kier alpha value is -2.19. The van der Waals surface area contributed by atoms with Crippen LogP contribution in [0.5, 0.6) is 0 Å². The Bertz CT molecular complexity index is 682. The van der Waals surface area contributed by atoms with Crippen LogP contribution in [0, 0.1) is 0 Å². The first-order chi connectivity index (χ1) is 9.38. The molecule has 0 spiro atoms. The molecule has 2 nitrogen and oxygen atoms in total. The zero-order chi connectivity index (χ0) is 13.1. The Morgan fingerprint density at radius 3 is 2.53 bits per heavy atom. The molecule has 1 heterocycles. The summed E-state index contributed by atoms with van der Waals surface area (Å²) >= 11 is 0. The van der Waals surface area contributed by atoms with Gasteiger partial charge in [-0.2, -0.15) is 0 Å². The molecule has 94 valence electrons. The van der Waals surface area contributed by atoms with Crippen LogP contribution in [0.3, 0.4) is 0 Å². The number of rotatable bonds is 3. The summed E-state index contributed by atoms with van der Waals surface area (Å²) < 4.78 is 0. The second-order valence-corrected chi connectivity index (χ2v) is 4.64. The van der Waals surface area contributed by atoms with Crippen molar-refractivity contribution in [1.82, 2.24) is 10.3 Å². The quantitative estimate of drug-likeness (QED) is 0.765. The Balaban J connectivity index is 2.08. The zero-order valence-electron chi connectivity index (χ0n) is 10.9. The van der Waals surface area contributed by atoms with Crippen molar-refractivity contribution in [1.29, 1.82) is 0 Å². The van der Waals surface area contributed by atoms with E-state index in [9.17, 15) is 0 Å². The van der Waals surface area contributed by atoms with Crippen molar-refractivity contribution < 1.29 is 0 Å². The molecular formula is C17H16N2. The SMILES string of the molecule is CNCc1ccc(-c2cncc3ccccc23)cc1. The average molecular weight is 248 g/mol. The maximum absolute atomic E-state index is 4.34. The van der Waals surface area contributed by atoms with Gasteiger partial charge in [-0.15, -0.1) is 0 Å². The van der Waals surface area contributed by atoms with Crippen LogP contribution in [-0.4, -0.2) is 12.0 Å². The number of benzene rings is 2. The highest BCUT2D eigenvalue weighted by molar-refractivity contribution is 5.95. The first kappa shape index (κ1) is 11.9. The number of hydrogen-bond donors (Lipinski definition) is 1. The maximum Gasteiger partial charge on any atom is 0.0352 e. The van der Waals surface area contributed by atoms with E-state index >= 15 is 0 Å². The molecule has 3 aromatic rings. The van der Waals surface area contributed by atoms with Gasteiger partial charge in [0, 0.05) is 29.9 Å². The lowest BCUT2D eigenvalue weighted by Gasteiger charge is -2.07. The summed E-state index contributed by atoms with van der Waals surface area (Å²) in [6.07, 6.45) is 3.85. The fourth-order valence-electron chi connectivity index (χ4n) is 2.35. The van der Waals surface area contributed by atoms with E-state index in [4.69, 9.17) is 0 Å². The second kappa shape index (κ2) is 5.21. The fourth-order valence-corrected chi connectivity index (χ4v) is 2.35. The molecule has 1 aromatic heterocycles. The Morgan fingerprint density at radius 2 is 1.74 bits per heavy atom. The predicted octanol–water partition coefficient (Wildman–Crippen LogP) is 3.62. The van der Waals surface area contributed by atoms with E-state index in [-0.39, 0.29) is 0 Å². The van der Waals surface area contributed by atoms with Gasteiger partial charge in [0.25, 0.3) is 0 Å². The van der Waals surface area contributed by atoms with E-state index < -0.39 is 0 Å². The van der Waals surface area contributed by atoms with Crippen LogP contribution in [0.25, 0.3) is 21.9 Å². The third kappa shape index (κ3) is 2.35. The Morgan fingerprint density at radius 1 is 0.947 bits per heavy atom. The van der Waals surface area contributed by atoms with Gasteiger partial charge in [-0.1, -0.05) is 48.5 Å². The molecule has 0 saturated heterocycles. The van der Waals surface area contributed by atoms with Crippen LogP contribution in [0.1, 0.15) is 5.56 Å². The molecular weight excluding hydrogens is 232 g/mol. The molecule has 1 N–H and O–H groups in total. The molecule has 3 rings (SSSR count). The van der Waals surface area contributed by atoms with Crippen molar-refractivity contribution >= 4 is 10.8 Å². The van der Waals surface area contributed by atoms with Crippen molar-refractivity contribution in [3.63, 3.8) is 0 Å². The summed E-state index contributed by atoms with van der Waals surface area (Å²) in [4.78, 5) is 4.34. The van der Waals surface area contributed by atoms with Crippen molar-refractivity contribution in [2.24, 2.45) is 0 Å². The summed E-state index contributed by atoms with van der Waals surface area (Å²) in [5.41, 5.74) is 3.69. The minimum Gasteiger partial charge on any atom is -0.316 e. The number of hydrogen-bond acceptors (Lipinski definition) is 2. The van der Waals surface area contributed by atoms with E-state index in [1.54, 1.807) is 0 Å². The molecule has 0 amide bonds. The largest absolute Gasteiger partial charge is 0.316 e. The van der Waals surface area contributed by atoms with Crippen LogP contribution in [0.2, 0.25) is 0 Å². The summed E-state index contributed by atoms with van der Waals surface area (Å²) in [7, 11) is 1.96. The molecule has 0 atom stereocenters. The van der Waals surface area contributed by atoms with Crippen molar-refractivity contribution in [3.05, 3.63) is 66.5 Å². The van der Waals surface area contributed by atoms with Crippen LogP contribution < -0.4 is 5.32 Å². The first-order valence-electron chi connectivity index (χ1n) is 6.45. The molecule has 2 aromatic carbocycles. The second-order valence-electron chi connectivity index (χ2n) is 4.64. The molecule has 0 unspecified atom stereocenters. The van der Waals surface area contributed by atoms with Crippen molar-refractivity contribution in [2.75, 3.05) is 7.05 Å². The molecule has 2 heteroatoms. The molecule has 0 bridgehead atoms. The summed E-state index contributed by atoms with van der Waals surface area (Å²) in [6, 6.07) is 17.0. The maximum atomic E-state index is 4.34. The highest BCUT2D eigenvalue weighted by Crippen LogP contribution is 2.27. The molecule has 0 fully saturated rings. The monoisotopic (exact) mass is 248 g/mol. The van der Waals surface area contributed by atoms with E-state index in [0.717, 1.165) is 6.54 Å². The minimum absolute atomic E-state index is 0.897. The van der Waals surface area contributed by atoms with E-state index in [1.165, 1.54) is 27.5 Å². The highest BCUT2D eigenvalue weighted by Gasteiger charge is 2.03. The predicted molar refractivity (Wildman–Crippen MR) is 79.9 cm³/mol. The number of pyridine rings is 1. The van der Waals surface area contributed by atoms with Gasteiger partial charge >= 0.3 is 0 Å². The van der Waals surface area contributed by atoms with Crippen molar-refractivity contribution in [3.8, 4) is 11.1 Å². The fraction of sp³-hybridized carbons (Fsp3) is 0.118. The Labute approximate surface area is 113 Å². The minimum atomic E-state index is 0.897. The van der Waals surface area contributed by atoms with Gasteiger partial charge in [-0.05, 0) is 23.6 Å². The summed E-state index contributed by atoms with van der Waals surface area (Å²) in [5, 5.41) is 5.59. The lowest BCUT2D eigenvalue weighted by atomic mass is 10.00. The molecule has 0 radical (unpaired) electrons. The van der Waals surface area contributed by atoms with Gasteiger partial charge in [0.1, 0.15) is 0 Å². The smallest absolute Gasteiger partial charge is 0.0352 e. The van der Waals surface area contributed by atoms with Crippen LogP contribution in [0.15, 0.2) is 60.9 Å². The summed E-state index contributed by atoms with van der Waals surface area (Å²) in [5.74, 6) is 0. The third-order valence-electron chi connectivity index (χ3n) is 3.31. The number of nitrogens with one attached hydrogen (secondary N) is 1. The van der Waals surface area contributed by atoms with Gasteiger partial charge in [0.15, 0.2) is 0 Å². The molecule has 0 saturated carbocycles. The molecule has 0 aliphatic carbocycles. The van der Waals surface area contributed by atoms with Gasteiger partial charge in [0.05, 0.1) is 0 Å². The topological polar surface area (TPSA) is 24.9 Å². The number of fused-ring (bicyclic) bond motifs is 1. The third-order valence-corrected chi connectivity index (χ3v) is 3.31. The molecule has 0 aliphatic heterocycles. The van der Waals surface area contributed by atoms with Gasteiger partial charge in [-0.25, -0.2) is 0 Å². The number of nitrogens with zero attached hydrogens (tertiary/aromatic N) is 1. The van der Waals surface area contributed by atoms with Crippen LogP contribution in [0.4, 0.5) is 0 Å². The number of aromatic nitrogens is 1. The first-order valence-corrected chi connectivity index (χ1v) is 6.45. The van der Waals surface area contributed by atoms with Crippen LogP contribution >= 0.6 is 0 Å². The normalized spacial score (nSPS) is 10.8. The highest BCUT2D eigenvalue weighted by atomic mass is 14.8. The average Bonchev–Trinajstić information content (AvgIpc) is 2.48. The van der Waals surface area contributed by atoms with Gasteiger partial charge in [-0.3, -0.25) is 4.98 Å². The lowest BCUT2D eigenvalue weighted by Crippen LogP contribution is -2.04. The van der Waals surface area contributed by atoms with Gasteiger partial charge < -0.3 is 5.32 Å². The summed E-state index contributed by atoms with van der Waals surface area (Å²) in [6.45, 7) is 0.897. The zero-order valence-corrected chi connectivity index (χ0v) is 10.9. The van der Waals surface area contributed by atoms with E-state index in [1.807, 2.05) is 25.5 Å². The lowest BCUT2D eigenvalue weighted by molar-refractivity contribution is 0.818. The van der Waals surface area contributed by atoms with Crippen molar-refractivity contribution in [2.45, 2.75) is 6.54 Å².